The highest BCUT2D eigenvalue weighted by Gasteiger charge is 2.15. The molecule has 4 heteroatoms. The van der Waals surface area contributed by atoms with E-state index < -0.39 is 0 Å². The highest BCUT2D eigenvalue weighted by molar-refractivity contribution is 9.10. The smallest absolute Gasteiger partial charge is 0.168 e. The van der Waals surface area contributed by atoms with E-state index in [2.05, 4.69) is 20.9 Å². The lowest BCUT2D eigenvalue weighted by Crippen LogP contribution is -2.05. The maximum atomic E-state index is 12.2. The van der Waals surface area contributed by atoms with Crippen LogP contribution >= 0.6 is 15.9 Å². The number of rotatable bonds is 3. The molecule has 3 nitrogen and oxygen atoms in total. The molecule has 2 aromatic rings. The van der Waals surface area contributed by atoms with Crippen molar-refractivity contribution in [3.8, 4) is 5.75 Å². The average Bonchev–Trinajstić information content (AvgIpc) is 2.88. The van der Waals surface area contributed by atoms with Crippen LogP contribution in [0.25, 0.3) is 0 Å². The maximum Gasteiger partial charge on any atom is 0.168 e. The van der Waals surface area contributed by atoms with Crippen LogP contribution in [0.2, 0.25) is 0 Å². The predicted molar refractivity (Wildman–Crippen MR) is 75.6 cm³/mol. The Hall–Kier alpha value is -1.68. The van der Waals surface area contributed by atoms with Crippen molar-refractivity contribution >= 4 is 21.7 Å². The summed E-state index contributed by atoms with van der Waals surface area (Å²) in [5.41, 5.74) is 2.63. The van der Waals surface area contributed by atoms with Crippen LogP contribution in [0, 0.1) is 0 Å². The van der Waals surface area contributed by atoms with Crippen LogP contribution in [0.5, 0.6) is 5.75 Å². The number of hydrogen-bond acceptors (Lipinski definition) is 3. The number of Topliss-reactive ketones (excluding diaryl/α,β-unsaturated/α-hetero) is 1. The van der Waals surface area contributed by atoms with Crippen LogP contribution < -0.4 is 4.74 Å². The number of fused-ring (bicyclic) bond motifs is 1. The van der Waals surface area contributed by atoms with Gasteiger partial charge in [-0.2, -0.15) is 0 Å². The van der Waals surface area contributed by atoms with Gasteiger partial charge in [-0.15, -0.1) is 0 Å². The molecule has 1 aromatic heterocycles. The fraction of sp³-hybridized carbons (Fsp3) is 0.200. The van der Waals surface area contributed by atoms with E-state index >= 15 is 0 Å². The largest absolute Gasteiger partial charge is 0.493 e. The Balaban J connectivity index is 1.78. The monoisotopic (exact) mass is 317 g/mol. The molecule has 3 rings (SSSR count). The molecule has 0 spiro atoms. The molecule has 0 aliphatic carbocycles. The summed E-state index contributed by atoms with van der Waals surface area (Å²) in [4.78, 5) is 16.4. The van der Waals surface area contributed by atoms with Crippen molar-refractivity contribution in [1.82, 2.24) is 4.98 Å². The Bertz CT molecular complexity index is 623. The molecular formula is C15H12BrNO2. The second-order valence-corrected chi connectivity index (χ2v) is 5.40. The number of ketones is 1. The molecule has 0 saturated carbocycles. The number of aromatic nitrogens is 1. The van der Waals surface area contributed by atoms with Gasteiger partial charge in [0.15, 0.2) is 5.78 Å². The van der Waals surface area contributed by atoms with Crippen molar-refractivity contribution in [3.63, 3.8) is 0 Å². The molecule has 0 unspecified atom stereocenters. The van der Waals surface area contributed by atoms with Crippen LogP contribution in [-0.4, -0.2) is 17.4 Å². The number of pyridine rings is 1. The van der Waals surface area contributed by atoms with E-state index in [0.717, 1.165) is 33.5 Å². The molecule has 0 atom stereocenters. The van der Waals surface area contributed by atoms with Crippen molar-refractivity contribution in [2.75, 3.05) is 6.61 Å². The van der Waals surface area contributed by atoms with E-state index in [1.165, 1.54) is 0 Å². The van der Waals surface area contributed by atoms with Crippen molar-refractivity contribution in [3.05, 3.63) is 57.8 Å². The Morgan fingerprint density at radius 3 is 3.00 bits per heavy atom. The molecule has 1 aromatic carbocycles. The average molecular weight is 318 g/mol. The highest BCUT2D eigenvalue weighted by atomic mass is 79.9. The number of nitrogens with zero attached hydrogens (tertiary/aromatic N) is 1. The first-order valence-corrected chi connectivity index (χ1v) is 6.91. The third-order valence-corrected chi connectivity index (χ3v) is 3.61. The van der Waals surface area contributed by atoms with Crippen LogP contribution in [0.15, 0.2) is 41.0 Å². The van der Waals surface area contributed by atoms with Gasteiger partial charge in [0.2, 0.25) is 0 Å². The zero-order valence-corrected chi connectivity index (χ0v) is 11.8. The molecule has 96 valence electrons. The minimum Gasteiger partial charge on any atom is -0.493 e. The van der Waals surface area contributed by atoms with Crippen LogP contribution in [0.4, 0.5) is 0 Å². The van der Waals surface area contributed by atoms with Gasteiger partial charge in [-0.05, 0) is 51.8 Å². The quantitative estimate of drug-likeness (QED) is 0.816. The lowest BCUT2D eigenvalue weighted by molar-refractivity contribution is 0.0992. The number of ether oxygens (including phenoxy) is 1. The van der Waals surface area contributed by atoms with Crippen molar-refractivity contribution in [2.24, 2.45) is 0 Å². The van der Waals surface area contributed by atoms with Gasteiger partial charge in [0, 0.05) is 28.3 Å². The third-order valence-electron chi connectivity index (χ3n) is 3.14. The van der Waals surface area contributed by atoms with Gasteiger partial charge in [-0.1, -0.05) is 0 Å². The van der Waals surface area contributed by atoms with Gasteiger partial charge < -0.3 is 4.74 Å². The summed E-state index contributed by atoms with van der Waals surface area (Å²) in [6.07, 6.45) is 2.92. The molecule has 0 fully saturated rings. The summed E-state index contributed by atoms with van der Waals surface area (Å²) in [6, 6.07) is 9.39. The van der Waals surface area contributed by atoms with Crippen LogP contribution in [0.1, 0.15) is 21.6 Å². The molecule has 0 amide bonds. The van der Waals surface area contributed by atoms with Crippen LogP contribution in [0.3, 0.4) is 0 Å². The highest BCUT2D eigenvalue weighted by Crippen LogP contribution is 2.26. The predicted octanol–water partition coefficient (Wildman–Crippen LogP) is 3.20. The Morgan fingerprint density at radius 1 is 1.32 bits per heavy atom. The molecule has 0 radical (unpaired) electrons. The summed E-state index contributed by atoms with van der Waals surface area (Å²) >= 11 is 3.33. The maximum absolute atomic E-state index is 12.2. The normalized spacial score (nSPS) is 12.9. The number of carbonyl (C=O) groups excluding carboxylic acids is 1. The summed E-state index contributed by atoms with van der Waals surface area (Å²) in [5.74, 6) is 0.989. The zero-order chi connectivity index (χ0) is 13.2. The van der Waals surface area contributed by atoms with Crippen LogP contribution in [-0.2, 0) is 12.8 Å². The van der Waals surface area contributed by atoms with Gasteiger partial charge in [0.1, 0.15) is 5.75 Å². The summed E-state index contributed by atoms with van der Waals surface area (Å²) in [7, 11) is 0. The van der Waals surface area contributed by atoms with Crippen molar-refractivity contribution in [2.45, 2.75) is 12.8 Å². The van der Waals surface area contributed by atoms with E-state index in [9.17, 15) is 4.79 Å². The molecular weight excluding hydrogens is 306 g/mol. The Labute approximate surface area is 119 Å². The van der Waals surface area contributed by atoms with E-state index in [4.69, 9.17) is 4.74 Å². The van der Waals surface area contributed by atoms with E-state index in [1.54, 1.807) is 6.20 Å². The summed E-state index contributed by atoms with van der Waals surface area (Å²) < 4.78 is 6.35. The molecule has 19 heavy (non-hydrogen) atoms. The minimum atomic E-state index is 0.0875. The molecule has 1 aliphatic heterocycles. The van der Waals surface area contributed by atoms with E-state index in [-0.39, 0.29) is 5.78 Å². The lowest BCUT2D eigenvalue weighted by atomic mass is 10.0. The first kappa shape index (κ1) is 12.4. The molecule has 0 saturated heterocycles. The second kappa shape index (κ2) is 5.13. The first-order chi connectivity index (χ1) is 9.22. The minimum absolute atomic E-state index is 0.0875. The fourth-order valence-electron chi connectivity index (χ4n) is 2.14. The standard InChI is InChI=1S/C15H12BrNO2/c16-12-2-3-13(17-9-12)8-14(18)10-1-4-15-11(7-10)5-6-19-15/h1-4,7,9H,5-6,8H2. The molecule has 0 N–H and O–H groups in total. The molecule has 1 aliphatic rings. The van der Waals surface area contributed by atoms with E-state index in [1.807, 2.05) is 30.3 Å². The van der Waals surface area contributed by atoms with Gasteiger partial charge in [0.05, 0.1) is 13.0 Å². The molecule has 2 heterocycles. The topological polar surface area (TPSA) is 39.2 Å². The van der Waals surface area contributed by atoms with Gasteiger partial charge in [-0.3, -0.25) is 9.78 Å². The van der Waals surface area contributed by atoms with Gasteiger partial charge in [-0.25, -0.2) is 0 Å². The fourth-order valence-corrected chi connectivity index (χ4v) is 2.37. The Morgan fingerprint density at radius 2 is 2.21 bits per heavy atom. The second-order valence-electron chi connectivity index (χ2n) is 4.49. The summed E-state index contributed by atoms with van der Waals surface area (Å²) in [6.45, 7) is 0.710. The van der Waals surface area contributed by atoms with Crippen molar-refractivity contribution < 1.29 is 9.53 Å². The number of hydrogen-bond donors (Lipinski definition) is 0. The number of carbonyl (C=O) groups is 1. The van der Waals surface area contributed by atoms with Gasteiger partial charge >= 0.3 is 0 Å². The third kappa shape index (κ3) is 2.68. The number of halogens is 1. The van der Waals surface area contributed by atoms with E-state index in [0.29, 0.717) is 13.0 Å². The SMILES string of the molecule is O=C(Cc1ccc(Br)cn1)c1ccc2c(c1)CCO2. The summed E-state index contributed by atoms with van der Waals surface area (Å²) in [5, 5.41) is 0. The van der Waals surface area contributed by atoms with Gasteiger partial charge in [0.25, 0.3) is 0 Å². The van der Waals surface area contributed by atoms with Crippen molar-refractivity contribution in [1.29, 1.82) is 0 Å². The lowest BCUT2D eigenvalue weighted by Gasteiger charge is -2.04. The number of benzene rings is 1. The zero-order valence-electron chi connectivity index (χ0n) is 10.2. The first-order valence-electron chi connectivity index (χ1n) is 6.12. The molecule has 0 bridgehead atoms. The Kier molecular flexibility index (Phi) is 3.34.